The largest absolute Gasteiger partial charge is 0.392 e. The second-order valence-electron chi connectivity index (χ2n) is 4.82. The van der Waals surface area contributed by atoms with Crippen molar-refractivity contribution < 1.29 is 5.11 Å². The standard InChI is InChI=1S/C14H20BrNO/c1-2-14(17)9-16-13-6-4-10-7-12(15)5-3-11(10)8-13/h3,5,7,13-14,16-17H,2,4,6,8-9H2,1H3. The van der Waals surface area contributed by atoms with E-state index in [9.17, 15) is 5.11 Å². The van der Waals surface area contributed by atoms with Gasteiger partial charge >= 0.3 is 0 Å². The van der Waals surface area contributed by atoms with Crippen LogP contribution in [0.2, 0.25) is 0 Å². The van der Waals surface area contributed by atoms with Gasteiger partial charge in [0.05, 0.1) is 6.10 Å². The Morgan fingerprint density at radius 1 is 1.47 bits per heavy atom. The van der Waals surface area contributed by atoms with E-state index in [0.717, 1.165) is 19.3 Å². The van der Waals surface area contributed by atoms with E-state index in [-0.39, 0.29) is 6.10 Å². The van der Waals surface area contributed by atoms with Crippen LogP contribution in [0, 0.1) is 0 Å². The average molecular weight is 298 g/mol. The lowest BCUT2D eigenvalue weighted by Gasteiger charge is -2.26. The van der Waals surface area contributed by atoms with Crippen LogP contribution in [0.5, 0.6) is 0 Å². The van der Waals surface area contributed by atoms with Crippen molar-refractivity contribution in [1.82, 2.24) is 5.32 Å². The van der Waals surface area contributed by atoms with Crippen molar-refractivity contribution in [3.8, 4) is 0 Å². The molecule has 0 heterocycles. The van der Waals surface area contributed by atoms with Crippen LogP contribution in [0.4, 0.5) is 0 Å². The van der Waals surface area contributed by atoms with E-state index in [1.165, 1.54) is 22.0 Å². The van der Waals surface area contributed by atoms with Gasteiger partial charge in [-0.2, -0.15) is 0 Å². The Hall–Kier alpha value is -0.380. The predicted octanol–water partition coefficient (Wildman–Crippen LogP) is 2.67. The van der Waals surface area contributed by atoms with Crippen molar-refractivity contribution in [2.24, 2.45) is 0 Å². The molecule has 2 N–H and O–H groups in total. The lowest BCUT2D eigenvalue weighted by atomic mass is 9.88. The quantitative estimate of drug-likeness (QED) is 0.896. The van der Waals surface area contributed by atoms with Gasteiger partial charge in [-0.25, -0.2) is 0 Å². The third kappa shape index (κ3) is 3.54. The highest BCUT2D eigenvalue weighted by Gasteiger charge is 2.18. The lowest BCUT2D eigenvalue weighted by molar-refractivity contribution is 0.161. The molecule has 0 spiro atoms. The minimum Gasteiger partial charge on any atom is -0.392 e. The number of nitrogens with one attached hydrogen (secondary N) is 1. The van der Waals surface area contributed by atoms with E-state index >= 15 is 0 Å². The zero-order chi connectivity index (χ0) is 12.3. The van der Waals surface area contributed by atoms with Gasteiger partial charge in [-0.1, -0.05) is 28.9 Å². The van der Waals surface area contributed by atoms with Gasteiger partial charge in [-0.05, 0) is 48.9 Å². The summed E-state index contributed by atoms with van der Waals surface area (Å²) in [6, 6.07) is 7.07. The number of hydrogen-bond donors (Lipinski definition) is 2. The molecule has 2 unspecified atom stereocenters. The molecule has 1 aromatic carbocycles. The smallest absolute Gasteiger partial charge is 0.0662 e. The summed E-state index contributed by atoms with van der Waals surface area (Å²) in [7, 11) is 0. The highest BCUT2D eigenvalue weighted by molar-refractivity contribution is 9.10. The first-order valence-corrected chi connectivity index (χ1v) is 7.17. The molecule has 1 aromatic rings. The second-order valence-corrected chi connectivity index (χ2v) is 5.74. The monoisotopic (exact) mass is 297 g/mol. The van der Waals surface area contributed by atoms with Crippen molar-refractivity contribution in [3.05, 3.63) is 33.8 Å². The molecule has 0 bridgehead atoms. The summed E-state index contributed by atoms with van der Waals surface area (Å²) in [6.07, 6.45) is 4.00. The fraction of sp³-hybridized carbons (Fsp3) is 0.571. The van der Waals surface area contributed by atoms with E-state index in [2.05, 4.69) is 39.4 Å². The molecule has 0 amide bonds. The van der Waals surface area contributed by atoms with Crippen molar-refractivity contribution in [2.75, 3.05) is 6.54 Å². The third-order valence-electron chi connectivity index (χ3n) is 3.51. The van der Waals surface area contributed by atoms with Crippen LogP contribution in [0.25, 0.3) is 0 Å². The Morgan fingerprint density at radius 2 is 2.29 bits per heavy atom. The molecule has 17 heavy (non-hydrogen) atoms. The molecular formula is C14H20BrNO. The average Bonchev–Trinajstić information content (AvgIpc) is 2.35. The van der Waals surface area contributed by atoms with Gasteiger partial charge in [0.1, 0.15) is 0 Å². The van der Waals surface area contributed by atoms with Crippen molar-refractivity contribution >= 4 is 15.9 Å². The first-order valence-electron chi connectivity index (χ1n) is 6.37. The number of fused-ring (bicyclic) bond motifs is 1. The van der Waals surface area contributed by atoms with E-state index in [4.69, 9.17) is 0 Å². The van der Waals surface area contributed by atoms with Crippen molar-refractivity contribution in [2.45, 2.75) is 44.8 Å². The Morgan fingerprint density at radius 3 is 3.06 bits per heavy atom. The molecule has 0 saturated carbocycles. The summed E-state index contributed by atoms with van der Waals surface area (Å²) in [6.45, 7) is 2.73. The van der Waals surface area contributed by atoms with E-state index in [1.807, 2.05) is 6.92 Å². The molecular weight excluding hydrogens is 278 g/mol. The Bertz CT molecular complexity index is 380. The normalized spacial score (nSPS) is 21.0. The molecule has 0 radical (unpaired) electrons. The van der Waals surface area contributed by atoms with E-state index in [1.54, 1.807) is 0 Å². The minimum absolute atomic E-state index is 0.207. The first kappa shape index (κ1) is 13.1. The van der Waals surface area contributed by atoms with Crippen molar-refractivity contribution in [1.29, 1.82) is 0 Å². The fourth-order valence-corrected chi connectivity index (χ4v) is 2.75. The van der Waals surface area contributed by atoms with Gasteiger partial charge in [0.25, 0.3) is 0 Å². The van der Waals surface area contributed by atoms with Gasteiger partial charge in [0, 0.05) is 17.1 Å². The van der Waals surface area contributed by atoms with Crippen LogP contribution in [0.15, 0.2) is 22.7 Å². The Labute approximate surface area is 112 Å². The number of halogens is 1. The maximum atomic E-state index is 9.55. The molecule has 1 aliphatic rings. The van der Waals surface area contributed by atoms with Gasteiger partial charge < -0.3 is 10.4 Å². The maximum absolute atomic E-state index is 9.55. The minimum atomic E-state index is -0.207. The summed E-state index contributed by atoms with van der Waals surface area (Å²) in [4.78, 5) is 0. The first-order chi connectivity index (χ1) is 8.19. The molecule has 0 aromatic heterocycles. The zero-order valence-corrected chi connectivity index (χ0v) is 11.8. The van der Waals surface area contributed by atoms with Crippen LogP contribution in [0.3, 0.4) is 0 Å². The molecule has 2 nitrogen and oxygen atoms in total. The summed E-state index contributed by atoms with van der Waals surface area (Å²) < 4.78 is 1.17. The van der Waals surface area contributed by atoms with Crippen molar-refractivity contribution in [3.63, 3.8) is 0 Å². The second kappa shape index (κ2) is 5.98. The maximum Gasteiger partial charge on any atom is 0.0662 e. The highest BCUT2D eigenvalue weighted by atomic mass is 79.9. The predicted molar refractivity (Wildman–Crippen MR) is 74.3 cm³/mol. The SMILES string of the molecule is CCC(O)CNC1CCc2cc(Br)ccc2C1. The Kier molecular flexibility index (Phi) is 4.60. The summed E-state index contributed by atoms with van der Waals surface area (Å²) in [5.41, 5.74) is 2.91. The van der Waals surface area contributed by atoms with Crippen LogP contribution in [0.1, 0.15) is 30.9 Å². The number of aryl methyl sites for hydroxylation is 1. The Balaban J connectivity index is 1.92. The number of hydrogen-bond acceptors (Lipinski definition) is 2. The molecule has 0 fully saturated rings. The molecule has 0 saturated heterocycles. The number of benzene rings is 1. The zero-order valence-electron chi connectivity index (χ0n) is 10.2. The van der Waals surface area contributed by atoms with E-state index < -0.39 is 0 Å². The van der Waals surface area contributed by atoms with Gasteiger partial charge in [-0.15, -0.1) is 0 Å². The van der Waals surface area contributed by atoms with Crippen LogP contribution in [-0.4, -0.2) is 23.8 Å². The molecule has 94 valence electrons. The number of rotatable bonds is 4. The molecule has 0 aliphatic heterocycles. The lowest BCUT2D eigenvalue weighted by Crippen LogP contribution is -2.39. The van der Waals surface area contributed by atoms with Crippen LogP contribution in [-0.2, 0) is 12.8 Å². The topological polar surface area (TPSA) is 32.3 Å². The number of aliphatic hydroxyl groups is 1. The van der Waals surface area contributed by atoms with Gasteiger partial charge in [0.2, 0.25) is 0 Å². The van der Waals surface area contributed by atoms with E-state index in [0.29, 0.717) is 12.6 Å². The molecule has 3 heteroatoms. The molecule has 2 rings (SSSR count). The van der Waals surface area contributed by atoms with Gasteiger partial charge in [-0.3, -0.25) is 0 Å². The van der Waals surface area contributed by atoms with Gasteiger partial charge in [0.15, 0.2) is 0 Å². The molecule has 1 aliphatic carbocycles. The fourth-order valence-electron chi connectivity index (χ4n) is 2.34. The number of aliphatic hydroxyl groups excluding tert-OH is 1. The summed E-state index contributed by atoms with van der Waals surface area (Å²) >= 11 is 3.52. The third-order valence-corrected chi connectivity index (χ3v) is 4.00. The summed E-state index contributed by atoms with van der Waals surface area (Å²) in [5.74, 6) is 0. The molecule has 2 atom stereocenters. The highest BCUT2D eigenvalue weighted by Crippen LogP contribution is 2.24. The summed E-state index contributed by atoms with van der Waals surface area (Å²) in [5, 5.41) is 13.0. The van der Waals surface area contributed by atoms with Crippen LogP contribution >= 0.6 is 15.9 Å². The van der Waals surface area contributed by atoms with Crippen LogP contribution < -0.4 is 5.32 Å².